The molecule has 0 aromatic heterocycles. The number of esters is 2. The van der Waals surface area contributed by atoms with Gasteiger partial charge in [0.2, 0.25) is 0 Å². The fraction of sp³-hybridized carbons (Fsp3) is 0.786. The molecule has 0 amide bonds. The molecule has 1 rings (SSSR count). The first-order valence-electron chi connectivity index (χ1n) is 6.75. The maximum Gasteiger partial charge on any atom is 0.305 e. The molecule has 1 saturated carbocycles. The van der Waals surface area contributed by atoms with Gasteiger partial charge in [0.1, 0.15) is 5.78 Å². The van der Waals surface area contributed by atoms with Gasteiger partial charge in [-0.25, -0.2) is 0 Å². The highest BCUT2D eigenvalue weighted by molar-refractivity contribution is 5.85. The standard InChI is InChI=1S/C14H22O5/c1-18-12(15)8-6-10-4-3-5-11(14(10)17)7-9-13(16)19-2/h10-11H,3-9H2,1-2H3. The average molecular weight is 270 g/mol. The van der Waals surface area contributed by atoms with Crippen LogP contribution in [0.5, 0.6) is 0 Å². The summed E-state index contributed by atoms with van der Waals surface area (Å²) in [5, 5.41) is 0. The van der Waals surface area contributed by atoms with Crippen molar-refractivity contribution in [3.8, 4) is 0 Å². The minimum absolute atomic E-state index is 0.0597. The van der Waals surface area contributed by atoms with Crippen LogP contribution in [0.2, 0.25) is 0 Å². The number of carbonyl (C=O) groups excluding carboxylic acids is 3. The summed E-state index contributed by atoms with van der Waals surface area (Å²) in [7, 11) is 2.70. The van der Waals surface area contributed by atoms with Crippen LogP contribution in [0, 0.1) is 11.8 Å². The Balaban J connectivity index is 2.41. The third kappa shape index (κ3) is 5.01. The first-order valence-corrected chi connectivity index (χ1v) is 6.75. The molecule has 1 aliphatic carbocycles. The van der Waals surface area contributed by atoms with Crippen LogP contribution < -0.4 is 0 Å². The van der Waals surface area contributed by atoms with E-state index in [1.54, 1.807) is 0 Å². The fourth-order valence-corrected chi connectivity index (χ4v) is 2.59. The topological polar surface area (TPSA) is 69.7 Å². The van der Waals surface area contributed by atoms with Crippen LogP contribution in [0.1, 0.15) is 44.9 Å². The van der Waals surface area contributed by atoms with E-state index in [2.05, 4.69) is 9.47 Å². The minimum atomic E-state index is -0.274. The van der Waals surface area contributed by atoms with Gasteiger partial charge in [-0.2, -0.15) is 0 Å². The number of ether oxygens (including phenoxy) is 2. The second-order valence-corrected chi connectivity index (χ2v) is 4.96. The molecule has 5 heteroatoms. The van der Waals surface area contributed by atoms with Gasteiger partial charge in [0.05, 0.1) is 14.2 Å². The Morgan fingerprint density at radius 2 is 1.42 bits per heavy atom. The molecule has 1 fully saturated rings. The molecule has 0 aliphatic heterocycles. The van der Waals surface area contributed by atoms with Crippen molar-refractivity contribution in [3.05, 3.63) is 0 Å². The van der Waals surface area contributed by atoms with Crippen molar-refractivity contribution in [1.82, 2.24) is 0 Å². The largest absolute Gasteiger partial charge is 0.469 e. The second-order valence-electron chi connectivity index (χ2n) is 4.96. The Hall–Kier alpha value is -1.39. The number of carbonyl (C=O) groups is 3. The van der Waals surface area contributed by atoms with Gasteiger partial charge >= 0.3 is 11.9 Å². The van der Waals surface area contributed by atoms with Gasteiger partial charge < -0.3 is 9.47 Å². The van der Waals surface area contributed by atoms with E-state index in [0.717, 1.165) is 19.3 Å². The zero-order valence-corrected chi connectivity index (χ0v) is 11.6. The summed E-state index contributed by atoms with van der Waals surface area (Å²) < 4.78 is 9.17. The van der Waals surface area contributed by atoms with Crippen molar-refractivity contribution in [3.63, 3.8) is 0 Å². The van der Waals surface area contributed by atoms with Gasteiger partial charge in [0, 0.05) is 24.7 Å². The summed E-state index contributed by atoms with van der Waals surface area (Å²) in [6.45, 7) is 0. The SMILES string of the molecule is COC(=O)CCC1CCCC(CCC(=O)OC)C1=O. The van der Waals surface area contributed by atoms with Gasteiger partial charge in [-0.1, -0.05) is 6.42 Å². The molecular formula is C14H22O5. The zero-order chi connectivity index (χ0) is 14.3. The Kier molecular flexibility index (Phi) is 6.53. The summed E-state index contributed by atoms with van der Waals surface area (Å²) in [6.07, 6.45) is 4.34. The predicted molar refractivity (Wildman–Crippen MR) is 68.3 cm³/mol. The Morgan fingerprint density at radius 1 is 1.00 bits per heavy atom. The normalized spacial score (nSPS) is 22.9. The fourth-order valence-electron chi connectivity index (χ4n) is 2.59. The lowest BCUT2D eigenvalue weighted by molar-refractivity contribution is -0.141. The van der Waals surface area contributed by atoms with Crippen LogP contribution >= 0.6 is 0 Å². The van der Waals surface area contributed by atoms with Crippen molar-refractivity contribution in [2.75, 3.05) is 14.2 Å². The van der Waals surface area contributed by atoms with E-state index in [-0.39, 0.29) is 42.4 Å². The molecule has 0 aromatic rings. The van der Waals surface area contributed by atoms with E-state index >= 15 is 0 Å². The lowest BCUT2D eigenvalue weighted by atomic mass is 9.76. The summed E-state index contributed by atoms with van der Waals surface area (Å²) >= 11 is 0. The number of ketones is 1. The van der Waals surface area contributed by atoms with Crippen LogP contribution in [-0.4, -0.2) is 31.9 Å². The van der Waals surface area contributed by atoms with Crippen LogP contribution in [-0.2, 0) is 23.9 Å². The second kappa shape index (κ2) is 7.92. The first-order chi connectivity index (χ1) is 9.08. The van der Waals surface area contributed by atoms with E-state index in [9.17, 15) is 14.4 Å². The highest BCUT2D eigenvalue weighted by atomic mass is 16.5. The lowest BCUT2D eigenvalue weighted by Crippen LogP contribution is -2.29. The van der Waals surface area contributed by atoms with Crippen LogP contribution in [0.15, 0.2) is 0 Å². The maximum absolute atomic E-state index is 12.2. The molecule has 0 spiro atoms. The first kappa shape index (κ1) is 15.7. The van der Waals surface area contributed by atoms with E-state index in [1.165, 1.54) is 14.2 Å². The zero-order valence-electron chi connectivity index (χ0n) is 11.6. The van der Waals surface area contributed by atoms with E-state index < -0.39 is 0 Å². The maximum atomic E-state index is 12.2. The number of rotatable bonds is 6. The third-order valence-corrected chi connectivity index (χ3v) is 3.76. The molecule has 0 aromatic carbocycles. The Morgan fingerprint density at radius 3 is 1.79 bits per heavy atom. The van der Waals surface area contributed by atoms with Gasteiger partial charge in [-0.15, -0.1) is 0 Å². The minimum Gasteiger partial charge on any atom is -0.469 e. The van der Waals surface area contributed by atoms with Crippen LogP contribution in [0.4, 0.5) is 0 Å². The number of Topliss-reactive ketones (excluding diaryl/α,β-unsaturated/α-hetero) is 1. The van der Waals surface area contributed by atoms with Crippen LogP contribution in [0.3, 0.4) is 0 Å². The van der Waals surface area contributed by atoms with E-state index in [1.807, 2.05) is 0 Å². The molecule has 5 nitrogen and oxygen atoms in total. The lowest BCUT2D eigenvalue weighted by Gasteiger charge is -2.27. The molecule has 19 heavy (non-hydrogen) atoms. The average Bonchev–Trinajstić information content (AvgIpc) is 2.44. The molecule has 2 unspecified atom stereocenters. The number of hydrogen-bond acceptors (Lipinski definition) is 5. The molecule has 0 radical (unpaired) electrons. The summed E-state index contributed by atoms with van der Waals surface area (Å²) in [6, 6.07) is 0. The summed E-state index contributed by atoms with van der Waals surface area (Å²) in [5.41, 5.74) is 0. The predicted octanol–water partition coefficient (Wildman–Crippen LogP) is 1.88. The summed E-state index contributed by atoms with van der Waals surface area (Å²) in [5.74, 6) is -0.473. The number of hydrogen-bond donors (Lipinski definition) is 0. The van der Waals surface area contributed by atoms with E-state index in [4.69, 9.17) is 0 Å². The quantitative estimate of drug-likeness (QED) is 0.689. The van der Waals surface area contributed by atoms with Gasteiger partial charge in [0.25, 0.3) is 0 Å². The molecule has 2 atom stereocenters. The molecule has 0 bridgehead atoms. The van der Waals surface area contributed by atoms with E-state index in [0.29, 0.717) is 12.8 Å². The van der Waals surface area contributed by atoms with Crippen molar-refractivity contribution in [2.24, 2.45) is 11.8 Å². The molecular weight excluding hydrogens is 248 g/mol. The highest BCUT2D eigenvalue weighted by Gasteiger charge is 2.31. The molecule has 0 N–H and O–H groups in total. The molecule has 0 saturated heterocycles. The van der Waals surface area contributed by atoms with Crippen molar-refractivity contribution >= 4 is 17.7 Å². The monoisotopic (exact) mass is 270 g/mol. The molecule has 108 valence electrons. The number of methoxy groups -OCH3 is 2. The Labute approximate surface area is 113 Å². The highest BCUT2D eigenvalue weighted by Crippen LogP contribution is 2.31. The van der Waals surface area contributed by atoms with Crippen LogP contribution in [0.25, 0.3) is 0 Å². The molecule has 1 aliphatic rings. The van der Waals surface area contributed by atoms with Crippen molar-refractivity contribution in [2.45, 2.75) is 44.9 Å². The Bertz CT molecular complexity index is 307. The van der Waals surface area contributed by atoms with Gasteiger partial charge in [-0.05, 0) is 25.7 Å². The third-order valence-electron chi connectivity index (χ3n) is 3.76. The van der Waals surface area contributed by atoms with Gasteiger partial charge in [-0.3, -0.25) is 14.4 Å². The molecule has 0 heterocycles. The smallest absolute Gasteiger partial charge is 0.305 e. The summed E-state index contributed by atoms with van der Waals surface area (Å²) in [4.78, 5) is 34.4. The van der Waals surface area contributed by atoms with Crippen molar-refractivity contribution in [1.29, 1.82) is 0 Å². The van der Waals surface area contributed by atoms with Crippen molar-refractivity contribution < 1.29 is 23.9 Å². The van der Waals surface area contributed by atoms with Gasteiger partial charge in [0.15, 0.2) is 0 Å².